The molecule has 17 heavy (non-hydrogen) atoms. The van der Waals surface area contributed by atoms with E-state index in [2.05, 4.69) is 0 Å². The second-order valence-electron chi connectivity index (χ2n) is 3.08. The van der Waals surface area contributed by atoms with Crippen LogP contribution in [0.3, 0.4) is 0 Å². The van der Waals surface area contributed by atoms with Crippen LogP contribution in [0.5, 0.6) is 5.75 Å². The van der Waals surface area contributed by atoms with Crippen molar-refractivity contribution in [3.8, 4) is 11.8 Å². The van der Waals surface area contributed by atoms with Crippen LogP contribution < -0.4 is 4.74 Å². The van der Waals surface area contributed by atoms with Gasteiger partial charge in [-0.2, -0.15) is 5.26 Å². The number of nitriles is 1. The molecule has 0 fully saturated rings. The maximum Gasteiger partial charge on any atom is 0.328 e. The summed E-state index contributed by atoms with van der Waals surface area (Å²) in [6.07, 6.45) is 2.74. The van der Waals surface area contributed by atoms with Crippen LogP contribution in [0.25, 0.3) is 6.08 Å². The summed E-state index contributed by atoms with van der Waals surface area (Å²) in [4.78, 5) is 21.2. The third kappa shape index (κ3) is 2.92. The van der Waals surface area contributed by atoms with E-state index in [0.717, 1.165) is 6.08 Å². The summed E-state index contributed by atoms with van der Waals surface area (Å²) in [6.45, 7) is 0. The van der Waals surface area contributed by atoms with Crippen molar-refractivity contribution in [2.24, 2.45) is 0 Å². The zero-order chi connectivity index (χ0) is 12.8. The minimum Gasteiger partial charge on any atom is -0.495 e. The zero-order valence-electron chi connectivity index (χ0n) is 9.01. The summed E-state index contributed by atoms with van der Waals surface area (Å²) in [7, 11) is 1.39. The van der Waals surface area contributed by atoms with Gasteiger partial charge in [0.2, 0.25) is 0 Å². The van der Waals surface area contributed by atoms with E-state index in [1.54, 1.807) is 0 Å². The number of hydrogen-bond acceptors (Lipinski definition) is 4. The first-order chi connectivity index (χ1) is 8.12. The van der Waals surface area contributed by atoms with Crippen molar-refractivity contribution in [2.75, 3.05) is 7.11 Å². The quantitative estimate of drug-likeness (QED) is 0.626. The number of methoxy groups -OCH3 is 1. The van der Waals surface area contributed by atoms with Crippen LogP contribution in [-0.2, 0) is 4.79 Å². The predicted octanol–water partition coefficient (Wildman–Crippen LogP) is 1.48. The molecule has 5 heteroatoms. The van der Waals surface area contributed by atoms with Crippen molar-refractivity contribution in [2.45, 2.75) is 0 Å². The van der Waals surface area contributed by atoms with Crippen molar-refractivity contribution < 1.29 is 19.4 Å². The van der Waals surface area contributed by atoms with E-state index in [1.807, 2.05) is 6.07 Å². The molecule has 0 aliphatic carbocycles. The highest BCUT2D eigenvalue weighted by molar-refractivity contribution is 5.89. The molecule has 0 aromatic heterocycles. The van der Waals surface area contributed by atoms with Gasteiger partial charge < -0.3 is 9.84 Å². The highest BCUT2D eigenvalue weighted by Gasteiger charge is 2.08. The number of carbonyl (C=O) groups is 2. The molecule has 1 N–H and O–H groups in total. The highest BCUT2D eigenvalue weighted by Crippen LogP contribution is 2.23. The number of carboxylic acid groups (broad SMARTS) is 1. The van der Waals surface area contributed by atoms with Crippen LogP contribution >= 0.6 is 0 Å². The molecule has 0 spiro atoms. The van der Waals surface area contributed by atoms with E-state index in [1.165, 1.54) is 25.3 Å². The molecule has 1 rings (SSSR count). The molecule has 0 bridgehead atoms. The van der Waals surface area contributed by atoms with E-state index < -0.39 is 5.97 Å². The summed E-state index contributed by atoms with van der Waals surface area (Å²) in [5.41, 5.74) is 0.847. The van der Waals surface area contributed by atoms with Gasteiger partial charge in [-0.1, -0.05) is 0 Å². The van der Waals surface area contributed by atoms with E-state index >= 15 is 0 Å². The third-order valence-corrected chi connectivity index (χ3v) is 2.06. The molecule has 0 heterocycles. The van der Waals surface area contributed by atoms with Gasteiger partial charge in [-0.15, -0.1) is 0 Å². The standard InChI is InChI=1S/C12H9NO4/c1-17-11-5-8(2-3-12(15)16)10(7-14)4-9(11)6-13/h2-5,7H,1H3,(H,15,16)/b3-2+. The van der Waals surface area contributed by atoms with Crippen LogP contribution in [0.2, 0.25) is 0 Å². The van der Waals surface area contributed by atoms with Crippen LogP contribution in [0.1, 0.15) is 21.5 Å². The number of ether oxygens (including phenoxy) is 1. The fraction of sp³-hybridized carbons (Fsp3) is 0.0833. The second kappa shape index (κ2) is 5.47. The summed E-state index contributed by atoms with van der Waals surface area (Å²) in [6, 6.07) is 4.69. The number of nitrogens with zero attached hydrogens (tertiary/aromatic N) is 1. The van der Waals surface area contributed by atoms with Gasteiger partial charge in [0.25, 0.3) is 0 Å². The van der Waals surface area contributed by atoms with E-state index in [4.69, 9.17) is 15.1 Å². The fourth-order valence-corrected chi connectivity index (χ4v) is 1.28. The van der Waals surface area contributed by atoms with Gasteiger partial charge in [0.05, 0.1) is 12.7 Å². The minimum absolute atomic E-state index is 0.224. The van der Waals surface area contributed by atoms with Crippen LogP contribution in [0.4, 0.5) is 0 Å². The van der Waals surface area contributed by atoms with Crippen LogP contribution in [0, 0.1) is 11.3 Å². The molecule has 1 aromatic carbocycles. The van der Waals surface area contributed by atoms with Crippen molar-refractivity contribution in [3.05, 3.63) is 34.9 Å². The Labute approximate surface area is 97.6 Å². The lowest BCUT2D eigenvalue weighted by molar-refractivity contribution is -0.131. The minimum atomic E-state index is -1.12. The first-order valence-corrected chi connectivity index (χ1v) is 4.60. The molecule has 0 radical (unpaired) electrons. The number of aliphatic carboxylic acids is 1. The molecule has 1 aromatic rings. The number of carboxylic acids is 1. The Hall–Kier alpha value is -2.61. The van der Waals surface area contributed by atoms with E-state index in [-0.39, 0.29) is 11.1 Å². The molecule has 0 aliphatic heterocycles. The van der Waals surface area contributed by atoms with Gasteiger partial charge in [0.1, 0.15) is 11.8 Å². The molecular weight excluding hydrogens is 222 g/mol. The third-order valence-electron chi connectivity index (χ3n) is 2.06. The molecule has 0 amide bonds. The lowest BCUT2D eigenvalue weighted by Gasteiger charge is -2.06. The lowest BCUT2D eigenvalue weighted by Crippen LogP contribution is -1.95. The van der Waals surface area contributed by atoms with Crippen LogP contribution in [-0.4, -0.2) is 24.5 Å². The summed E-state index contributed by atoms with van der Waals surface area (Å²) >= 11 is 0. The SMILES string of the molecule is COc1cc(/C=C/C(=O)O)c(C=O)cc1C#N. The topological polar surface area (TPSA) is 87.4 Å². The number of carbonyl (C=O) groups excluding carboxylic acids is 1. The van der Waals surface area contributed by atoms with Gasteiger partial charge in [-0.05, 0) is 23.8 Å². The van der Waals surface area contributed by atoms with E-state index in [9.17, 15) is 9.59 Å². The fourth-order valence-electron chi connectivity index (χ4n) is 1.28. The molecule has 0 aliphatic rings. The number of aldehydes is 1. The first kappa shape index (κ1) is 12.5. The number of hydrogen-bond donors (Lipinski definition) is 1. The van der Waals surface area contributed by atoms with Gasteiger partial charge in [-0.3, -0.25) is 4.79 Å². The maximum absolute atomic E-state index is 10.8. The van der Waals surface area contributed by atoms with Crippen LogP contribution in [0.15, 0.2) is 18.2 Å². The molecule has 0 atom stereocenters. The average Bonchev–Trinajstić information content (AvgIpc) is 2.34. The Morgan fingerprint density at radius 1 is 1.47 bits per heavy atom. The normalized spacial score (nSPS) is 9.88. The largest absolute Gasteiger partial charge is 0.495 e. The van der Waals surface area contributed by atoms with Gasteiger partial charge in [0, 0.05) is 11.6 Å². The number of rotatable bonds is 4. The maximum atomic E-state index is 10.8. The second-order valence-corrected chi connectivity index (χ2v) is 3.08. The molecule has 0 saturated carbocycles. The average molecular weight is 231 g/mol. The molecule has 0 saturated heterocycles. The Morgan fingerprint density at radius 2 is 2.18 bits per heavy atom. The first-order valence-electron chi connectivity index (χ1n) is 4.60. The summed E-state index contributed by atoms with van der Waals surface area (Å²) in [5.74, 6) is -0.826. The number of benzene rings is 1. The molecule has 0 unspecified atom stereocenters. The lowest BCUT2D eigenvalue weighted by atomic mass is 10.0. The van der Waals surface area contributed by atoms with E-state index in [0.29, 0.717) is 17.6 Å². The Bertz CT molecular complexity index is 526. The van der Waals surface area contributed by atoms with Gasteiger partial charge in [-0.25, -0.2) is 4.79 Å². The molecular formula is C12H9NO4. The Balaban J connectivity index is 3.34. The summed E-state index contributed by atoms with van der Waals surface area (Å²) < 4.78 is 4.96. The summed E-state index contributed by atoms with van der Waals surface area (Å²) in [5, 5.41) is 17.3. The predicted molar refractivity (Wildman–Crippen MR) is 59.8 cm³/mol. The van der Waals surface area contributed by atoms with Crippen molar-refractivity contribution in [3.63, 3.8) is 0 Å². The van der Waals surface area contributed by atoms with Crippen molar-refractivity contribution >= 4 is 18.3 Å². The Kier molecular flexibility index (Phi) is 4.01. The smallest absolute Gasteiger partial charge is 0.328 e. The van der Waals surface area contributed by atoms with Crippen molar-refractivity contribution in [1.29, 1.82) is 5.26 Å². The Morgan fingerprint density at radius 3 is 2.65 bits per heavy atom. The van der Waals surface area contributed by atoms with Gasteiger partial charge in [0.15, 0.2) is 6.29 Å². The molecule has 86 valence electrons. The highest BCUT2D eigenvalue weighted by atomic mass is 16.5. The van der Waals surface area contributed by atoms with Crippen molar-refractivity contribution in [1.82, 2.24) is 0 Å². The monoisotopic (exact) mass is 231 g/mol. The zero-order valence-corrected chi connectivity index (χ0v) is 9.01. The molecule has 5 nitrogen and oxygen atoms in total. The van der Waals surface area contributed by atoms with Gasteiger partial charge >= 0.3 is 5.97 Å².